The molecule has 1 heterocycles. The Hall–Kier alpha value is -2.56. The summed E-state index contributed by atoms with van der Waals surface area (Å²) in [6.07, 6.45) is 0. The molecule has 5 heteroatoms. The van der Waals surface area contributed by atoms with Gasteiger partial charge < -0.3 is 14.5 Å². The number of ether oxygens (including phenoxy) is 1. The monoisotopic (exact) mass is 329 g/mol. The fourth-order valence-electron chi connectivity index (χ4n) is 2.47. The van der Waals surface area contributed by atoms with Crippen LogP contribution in [0.3, 0.4) is 0 Å². The van der Waals surface area contributed by atoms with Crippen molar-refractivity contribution in [1.29, 1.82) is 0 Å². The van der Waals surface area contributed by atoms with Crippen molar-refractivity contribution >= 4 is 17.6 Å². The smallest absolute Gasteiger partial charge is 0.342 e. The zero-order valence-electron chi connectivity index (χ0n) is 14.7. The van der Waals surface area contributed by atoms with Crippen LogP contribution in [0.4, 0.5) is 5.69 Å². The van der Waals surface area contributed by atoms with Crippen molar-refractivity contribution in [3.63, 3.8) is 0 Å². The highest BCUT2D eigenvalue weighted by Crippen LogP contribution is 2.29. The van der Waals surface area contributed by atoms with Crippen LogP contribution in [0.2, 0.25) is 0 Å². The van der Waals surface area contributed by atoms with Crippen LogP contribution in [-0.2, 0) is 14.9 Å². The van der Waals surface area contributed by atoms with Gasteiger partial charge in [-0.2, -0.15) is 0 Å². The van der Waals surface area contributed by atoms with Gasteiger partial charge in [-0.3, -0.25) is 4.79 Å². The average Bonchev–Trinajstić information content (AvgIpc) is 2.83. The molecule has 1 aromatic carbocycles. The molecular weight excluding hydrogens is 306 g/mol. The molecule has 0 saturated carbocycles. The molecule has 1 N–H and O–H groups in total. The summed E-state index contributed by atoms with van der Waals surface area (Å²) in [6.45, 7) is 9.30. The van der Waals surface area contributed by atoms with E-state index in [0.29, 0.717) is 17.1 Å². The average molecular weight is 329 g/mol. The number of carbonyl (C=O) groups excluding carboxylic acids is 2. The lowest BCUT2D eigenvalue weighted by molar-refractivity contribution is -0.119. The number of furan rings is 1. The lowest BCUT2D eigenvalue weighted by Gasteiger charge is -2.22. The molecule has 0 spiro atoms. The van der Waals surface area contributed by atoms with Gasteiger partial charge in [0.1, 0.15) is 17.1 Å². The molecule has 5 nitrogen and oxygen atoms in total. The van der Waals surface area contributed by atoms with Crippen LogP contribution in [0.1, 0.15) is 48.2 Å². The van der Waals surface area contributed by atoms with Gasteiger partial charge in [-0.1, -0.05) is 39.0 Å². The van der Waals surface area contributed by atoms with Gasteiger partial charge in [0.15, 0.2) is 6.61 Å². The van der Waals surface area contributed by atoms with E-state index in [1.807, 2.05) is 24.3 Å². The van der Waals surface area contributed by atoms with Gasteiger partial charge in [-0.25, -0.2) is 4.79 Å². The standard InChI is InChI=1S/C19H23NO4/c1-12-10-14(13(2)24-12)18(22)23-11-17(21)20-16-9-7-6-8-15(16)19(3,4)5/h6-10H,11H2,1-5H3,(H,20,21). The molecule has 24 heavy (non-hydrogen) atoms. The first-order chi connectivity index (χ1) is 11.2. The first-order valence-corrected chi connectivity index (χ1v) is 7.82. The number of carbonyl (C=O) groups is 2. The van der Waals surface area contributed by atoms with Crippen molar-refractivity contribution in [1.82, 2.24) is 0 Å². The summed E-state index contributed by atoms with van der Waals surface area (Å²) in [6, 6.07) is 9.20. The van der Waals surface area contributed by atoms with Crippen LogP contribution in [0.15, 0.2) is 34.7 Å². The van der Waals surface area contributed by atoms with Crippen LogP contribution < -0.4 is 5.32 Å². The number of amides is 1. The predicted octanol–water partition coefficient (Wildman–Crippen LogP) is 3.99. The van der Waals surface area contributed by atoms with Crippen molar-refractivity contribution in [2.45, 2.75) is 40.0 Å². The highest BCUT2D eigenvalue weighted by atomic mass is 16.5. The molecule has 2 aromatic rings. The highest BCUT2D eigenvalue weighted by molar-refractivity contribution is 5.96. The Kier molecular flexibility index (Phi) is 5.12. The van der Waals surface area contributed by atoms with Crippen molar-refractivity contribution in [2.75, 3.05) is 11.9 Å². The molecule has 128 valence electrons. The first-order valence-electron chi connectivity index (χ1n) is 7.82. The second-order valence-electron chi connectivity index (χ2n) is 6.75. The van der Waals surface area contributed by atoms with E-state index in [1.165, 1.54) is 0 Å². The number of rotatable bonds is 4. The van der Waals surface area contributed by atoms with E-state index in [9.17, 15) is 9.59 Å². The number of nitrogens with one attached hydrogen (secondary N) is 1. The van der Waals surface area contributed by atoms with E-state index in [2.05, 4.69) is 26.1 Å². The number of hydrogen-bond acceptors (Lipinski definition) is 4. The van der Waals surface area contributed by atoms with Crippen molar-refractivity contribution in [2.24, 2.45) is 0 Å². The molecule has 2 rings (SSSR count). The highest BCUT2D eigenvalue weighted by Gasteiger charge is 2.20. The zero-order valence-corrected chi connectivity index (χ0v) is 14.7. The largest absolute Gasteiger partial charge is 0.466 e. The Labute approximate surface area is 142 Å². The Morgan fingerprint density at radius 1 is 1.17 bits per heavy atom. The maximum atomic E-state index is 12.1. The van der Waals surface area contributed by atoms with E-state index in [0.717, 1.165) is 11.3 Å². The molecule has 0 saturated heterocycles. The van der Waals surface area contributed by atoms with E-state index in [-0.39, 0.29) is 17.9 Å². The maximum Gasteiger partial charge on any atom is 0.342 e. The van der Waals surface area contributed by atoms with Gasteiger partial charge in [0.05, 0.1) is 0 Å². The van der Waals surface area contributed by atoms with Crippen LogP contribution in [-0.4, -0.2) is 18.5 Å². The second kappa shape index (κ2) is 6.91. The lowest BCUT2D eigenvalue weighted by atomic mass is 9.86. The number of hydrogen-bond donors (Lipinski definition) is 1. The van der Waals surface area contributed by atoms with E-state index < -0.39 is 5.97 Å². The summed E-state index contributed by atoms with van der Waals surface area (Å²) in [5.74, 6) is 0.167. The number of anilines is 1. The molecule has 0 fully saturated rings. The molecule has 0 aliphatic heterocycles. The summed E-state index contributed by atoms with van der Waals surface area (Å²) in [7, 11) is 0. The van der Waals surface area contributed by atoms with Gasteiger partial charge in [0.2, 0.25) is 0 Å². The molecule has 0 unspecified atom stereocenters. The number of para-hydroxylation sites is 1. The molecule has 1 amide bonds. The Morgan fingerprint density at radius 2 is 1.83 bits per heavy atom. The summed E-state index contributed by atoms with van der Waals surface area (Å²) >= 11 is 0. The van der Waals surface area contributed by atoms with Crippen molar-refractivity contribution < 1.29 is 18.7 Å². The zero-order chi connectivity index (χ0) is 17.9. The Morgan fingerprint density at radius 3 is 2.42 bits per heavy atom. The fourth-order valence-corrected chi connectivity index (χ4v) is 2.47. The molecule has 0 atom stereocenters. The van der Waals surface area contributed by atoms with Gasteiger partial charge in [-0.05, 0) is 37.0 Å². The summed E-state index contributed by atoms with van der Waals surface area (Å²) in [5, 5.41) is 2.80. The summed E-state index contributed by atoms with van der Waals surface area (Å²) < 4.78 is 10.4. The third-order valence-corrected chi connectivity index (χ3v) is 3.60. The lowest BCUT2D eigenvalue weighted by Crippen LogP contribution is -2.23. The SMILES string of the molecule is Cc1cc(C(=O)OCC(=O)Nc2ccccc2C(C)(C)C)c(C)o1. The van der Waals surface area contributed by atoms with Crippen LogP contribution >= 0.6 is 0 Å². The molecule has 1 aromatic heterocycles. The van der Waals surface area contributed by atoms with Gasteiger partial charge in [0.25, 0.3) is 5.91 Å². The summed E-state index contributed by atoms with van der Waals surface area (Å²) in [5.41, 5.74) is 1.98. The van der Waals surface area contributed by atoms with Gasteiger partial charge >= 0.3 is 5.97 Å². The van der Waals surface area contributed by atoms with Crippen molar-refractivity contribution in [3.05, 3.63) is 53.0 Å². The van der Waals surface area contributed by atoms with E-state index in [4.69, 9.17) is 9.15 Å². The number of aryl methyl sites for hydroxylation is 2. The minimum Gasteiger partial charge on any atom is -0.466 e. The number of benzene rings is 1. The fraction of sp³-hybridized carbons (Fsp3) is 0.368. The van der Waals surface area contributed by atoms with E-state index in [1.54, 1.807) is 19.9 Å². The molecule has 0 radical (unpaired) electrons. The van der Waals surface area contributed by atoms with Crippen molar-refractivity contribution in [3.8, 4) is 0 Å². The predicted molar refractivity (Wildman–Crippen MR) is 92.2 cm³/mol. The number of esters is 1. The third kappa shape index (κ3) is 4.25. The summed E-state index contributed by atoms with van der Waals surface area (Å²) in [4.78, 5) is 24.1. The van der Waals surface area contributed by atoms with Gasteiger partial charge in [-0.15, -0.1) is 0 Å². The second-order valence-corrected chi connectivity index (χ2v) is 6.75. The van der Waals surface area contributed by atoms with Crippen LogP contribution in [0.5, 0.6) is 0 Å². The molecule has 0 aliphatic rings. The molecule has 0 bridgehead atoms. The minimum atomic E-state index is -0.566. The molecular formula is C19H23NO4. The Bertz CT molecular complexity index is 753. The third-order valence-electron chi connectivity index (χ3n) is 3.60. The van der Waals surface area contributed by atoms with Crippen LogP contribution in [0.25, 0.3) is 0 Å². The quantitative estimate of drug-likeness (QED) is 0.861. The topological polar surface area (TPSA) is 68.5 Å². The first kappa shape index (κ1) is 17.8. The van der Waals surface area contributed by atoms with Crippen LogP contribution in [0, 0.1) is 13.8 Å². The Balaban J connectivity index is 2.00. The van der Waals surface area contributed by atoms with Gasteiger partial charge in [0, 0.05) is 5.69 Å². The molecule has 0 aliphatic carbocycles. The maximum absolute atomic E-state index is 12.1. The normalized spacial score (nSPS) is 11.2. The van der Waals surface area contributed by atoms with E-state index >= 15 is 0 Å². The minimum absolute atomic E-state index is 0.105.